The van der Waals surface area contributed by atoms with E-state index in [1.807, 2.05) is 0 Å². The molecule has 0 aliphatic heterocycles. The molecule has 0 saturated heterocycles. The first-order valence-corrected chi connectivity index (χ1v) is 8.27. The summed E-state index contributed by atoms with van der Waals surface area (Å²) in [5, 5.41) is 0. The van der Waals surface area contributed by atoms with Crippen molar-refractivity contribution >= 4 is 0 Å². The Bertz CT molecular complexity index is 524. The maximum Gasteiger partial charge on any atom is 0.159 e. The van der Waals surface area contributed by atoms with E-state index in [1.54, 1.807) is 11.6 Å². The minimum atomic E-state index is -0.748. The number of rotatable bonds is 2. The average Bonchev–Trinajstić information content (AvgIpc) is 2.51. The first kappa shape index (κ1) is 14.7. The molecule has 1 saturated carbocycles. The fraction of sp³-hybridized carbons (Fsp3) is 0.579. The van der Waals surface area contributed by atoms with Gasteiger partial charge in [-0.25, -0.2) is 8.78 Å². The first-order valence-electron chi connectivity index (χ1n) is 8.27. The number of halogens is 2. The van der Waals surface area contributed by atoms with Gasteiger partial charge in [-0.1, -0.05) is 37.5 Å². The van der Waals surface area contributed by atoms with Gasteiger partial charge in [-0.05, 0) is 67.6 Å². The Labute approximate surface area is 126 Å². The summed E-state index contributed by atoms with van der Waals surface area (Å²) in [4.78, 5) is 0. The molecule has 0 nitrogen and oxygen atoms in total. The van der Waals surface area contributed by atoms with Crippen LogP contribution < -0.4 is 0 Å². The van der Waals surface area contributed by atoms with Gasteiger partial charge in [0.15, 0.2) is 11.6 Å². The van der Waals surface area contributed by atoms with Crippen LogP contribution in [0.1, 0.15) is 63.4 Å². The molecule has 0 bridgehead atoms. The Morgan fingerprint density at radius 3 is 2.29 bits per heavy atom. The lowest BCUT2D eigenvalue weighted by Crippen LogP contribution is -2.17. The predicted molar refractivity (Wildman–Crippen MR) is 82.2 cm³/mol. The molecule has 0 heterocycles. The van der Waals surface area contributed by atoms with Crippen molar-refractivity contribution in [3.8, 4) is 0 Å². The second-order valence-corrected chi connectivity index (χ2v) is 6.88. The van der Waals surface area contributed by atoms with Crippen LogP contribution in [0.25, 0.3) is 0 Å². The molecule has 0 aromatic heterocycles. The van der Waals surface area contributed by atoms with E-state index in [0.717, 1.165) is 36.7 Å². The molecule has 1 atom stereocenters. The van der Waals surface area contributed by atoms with E-state index < -0.39 is 11.6 Å². The van der Waals surface area contributed by atoms with Gasteiger partial charge in [0.05, 0.1) is 0 Å². The minimum absolute atomic E-state index is 0.353. The summed E-state index contributed by atoms with van der Waals surface area (Å²) >= 11 is 0. The maximum absolute atomic E-state index is 13.3. The highest BCUT2D eigenvalue weighted by atomic mass is 19.2. The molecular weight excluding hydrogens is 266 g/mol. The zero-order chi connectivity index (χ0) is 14.8. The third-order valence-electron chi connectivity index (χ3n) is 5.40. The molecule has 0 N–H and O–H groups in total. The summed E-state index contributed by atoms with van der Waals surface area (Å²) in [6.45, 7) is 2.35. The van der Waals surface area contributed by atoms with Crippen LogP contribution in [0.3, 0.4) is 0 Å². The number of allylic oxidation sites excluding steroid dienone is 2. The number of benzene rings is 1. The molecule has 3 rings (SSSR count). The average molecular weight is 290 g/mol. The summed E-state index contributed by atoms with van der Waals surface area (Å²) in [5.74, 6) is 0.560. The lowest BCUT2D eigenvalue weighted by atomic mass is 9.74. The van der Waals surface area contributed by atoms with Crippen molar-refractivity contribution in [2.75, 3.05) is 0 Å². The summed E-state index contributed by atoms with van der Waals surface area (Å²) < 4.78 is 26.4. The Morgan fingerprint density at radius 2 is 1.67 bits per heavy atom. The fourth-order valence-corrected chi connectivity index (χ4v) is 3.93. The quantitative estimate of drug-likeness (QED) is 0.587. The van der Waals surface area contributed by atoms with Crippen LogP contribution in [-0.4, -0.2) is 0 Å². The van der Waals surface area contributed by atoms with Gasteiger partial charge < -0.3 is 0 Å². The molecule has 2 aliphatic carbocycles. The highest BCUT2D eigenvalue weighted by molar-refractivity contribution is 5.25. The standard InChI is InChI=1S/C19H24F2/c1-13-2-4-14(5-3-13)15-6-8-16(9-7-15)17-10-11-18(20)19(21)12-17/h6,10-14,16H,2-5,7-9H2,1H3. The molecule has 1 unspecified atom stereocenters. The molecule has 0 amide bonds. The molecule has 1 fully saturated rings. The topological polar surface area (TPSA) is 0 Å². The van der Waals surface area contributed by atoms with Crippen LogP contribution in [0.5, 0.6) is 0 Å². The van der Waals surface area contributed by atoms with Crippen molar-refractivity contribution in [3.63, 3.8) is 0 Å². The zero-order valence-corrected chi connectivity index (χ0v) is 12.7. The predicted octanol–water partition coefficient (Wildman–Crippen LogP) is 5.99. The second-order valence-electron chi connectivity index (χ2n) is 6.88. The second kappa shape index (κ2) is 6.29. The lowest BCUT2D eigenvalue weighted by molar-refractivity contribution is 0.310. The van der Waals surface area contributed by atoms with Crippen LogP contribution in [0, 0.1) is 23.5 Å². The monoisotopic (exact) mass is 290 g/mol. The van der Waals surface area contributed by atoms with Gasteiger partial charge in [-0.15, -0.1) is 0 Å². The minimum Gasteiger partial charge on any atom is -0.204 e. The van der Waals surface area contributed by atoms with Crippen LogP contribution in [0.2, 0.25) is 0 Å². The Morgan fingerprint density at radius 1 is 0.905 bits per heavy atom. The summed E-state index contributed by atoms with van der Waals surface area (Å²) in [7, 11) is 0. The van der Waals surface area contributed by atoms with Gasteiger partial charge in [0.25, 0.3) is 0 Å². The van der Waals surface area contributed by atoms with Crippen molar-refractivity contribution in [3.05, 3.63) is 47.0 Å². The molecule has 2 aliphatic rings. The summed E-state index contributed by atoms with van der Waals surface area (Å²) in [6, 6.07) is 4.37. The van der Waals surface area contributed by atoms with E-state index in [9.17, 15) is 8.78 Å². The largest absolute Gasteiger partial charge is 0.204 e. The molecule has 2 heteroatoms. The van der Waals surface area contributed by atoms with Crippen LogP contribution >= 0.6 is 0 Å². The van der Waals surface area contributed by atoms with E-state index in [1.165, 1.54) is 37.8 Å². The normalized spacial score (nSPS) is 30.0. The van der Waals surface area contributed by atoms with Crippen molar-refractivity contribution in [1.82, 2.24) is 0 Å². The Kier molecular flexibility index (Phi) is 4.42. The van der Waals surface area contributed by atoms with E-state index >= 15 is 0 Å². The van der Waals surface area contributed by atoms with E-state index in [4.69, 9.17) is 0 Å². The number of hydrogen-bond donors (Lipinski definition) is 0. The fourth-order valence-electron chi connectivity index (χ4n) is 3.93. The van der Waals surface area contributed by atoms with Gasteiger partial charge >= 0.3 is 0 Å². The van der Waals surface area contributed by atoms with Crippen LogP contribution in [-0.2, 0) is 0 Å². The third kappa shape index (κ3) is 3.36. The van der Waals surface area contributed by atoms with Gasteiger partial charge in [0.1, 0.15) is 0 Å². The van der Waals surface area contributed by atoms with Gasteiger partial charge in [0, 0.05) is 0 Å². The van der Waals surface area contributed by atoms with Gasteiger partial charge in [0.2, 0.25) is 0 Å². The van der Waals surface area contributed by atoms with Crippen LogP contribution in [0.15, 0.2) is 29.8 Å². The van der Waals surface area contributed by atoms with Gasteiger partial charge in [-0.2, -0.15) is 0 Å². The van der Waals surface area contributed by atoms with E-state index in [2.05, 4.69) is 13.0 Å². The lowest BCUT2D eigenvalue weighted by Gasteiger charge is -2.32. The van der Waals surface area contributed by atoms with Crippen molar-refractivity contribution in [2.24, 2.45) is 11.8 Å². The van der Waals surface area contributed by atoms with Crippen molar-refractivity contribution < 1.29 is 8.78 Å². The van der Waals surface area contributed by atoms with E-state index in [0.29, 0.717) is 5.92 Å². The molecule has 1 aromatic carbocycles. The SMILES string of the molecule is CC1CCC(C2=CCC(c3ccc(F)c(F)c3)CC2)CC1. The third-order valence-corrected chi connectivity index (χ3v) is 5.40. The Balaban J connectivity index is 1.64. The molecular formula is C19H24F2. The van der Waals surface area contributed by atoms with Crippen LogP contribution in [0.4, 0.5) is 8.78 Å². The van der Waals surface area contributed by atoms with Crippen molar-refractivity contribution in [2.45, 2.75) is 57.8 Å². The zero-order valence-electron chi connectivity index (χ0n) is 12.7. The molecule has 114 valence electrons. The summed E-state index contributed by atoms with van der Waals surface area (Å²) in [6.07, 6.45) is 10.9. The molecule has 0 spiro atoms. The first-order chi connectivity index (χ1) is 10.1. The van der Waals surface area contributed by atoms with Gasteiger partial charge in [-0.3, -0.25) is 0 Å². The summed E-state index contributed by atoms with van der Waals surface area (Å²) in [5.41, 5.74) is 2.57. The Hall–Kier alpha value is -1.18. The highest BCUT2D eigenvalue weighted by Gasteiger charge is 2.25. The maximum atomic E-state index is 13.3. The molecule has 21 heavy (non-hydrogen) atoms. The number of hydrogen-bond acceptors (Lipinski definition) is 0. The molecule has 1 aromatic rings. The van der Waals surface area contributed by atoms with E-state index in [-0.39, 0.29) is 0 Å². The molecule has 0 radical (unpaired) electrons. The smallest absolute Gasteiger partial charge is 0.159 e. The van der Waals surface area contributed by atoms with Crippen molar-refractivity contribution in [1.29, 1.82) is 0 Å². The highest BCUT2D eigenvalue weighted by Crippen LogP contribution is 2.40.